The topological polar surface area (TPSA) is 63.7 Å². The van der Waals surface area contributed by atoms with Crippen LogP contribution < -0.4 is 19.7 Å². The Bertz CT molecular complexity index is 783. The van der Waals surface area contributed by atoms with Crippen molar-refractivity contribution in [1.82, 2.24) is 10.3 Å². The lowest BCUT2D eigenvalue weighted by Crippen LogP contribution is -2.38. The lowest BCUT2D eigenvalue weighted by molar-refractivity contribution is -0.122. The first-order valence-electron chi connectivity index (χ1n) is 10.2. The van der Waals surface area contributed by atoms with Gasteiger partial charge in [-0.2, -0.15) is 0 Å². The van der Waals surface area contributed by atoms with E-state index >= 15 is 0 Å². The van der Waals surface area contributed by atoms with Gasteiger partial charge < -0.3 is 19.7 Å². The van der Waals surface area contributed by atoms with Crippen LogP contribution in [-0.2, 0) is 4.79 Å². The third kappa shape index (κ3) is 4.04. The summed E-state index contributed by atoms with van der Waals surface area (Å²) in [5.74, 6) is 2.31. The fourth-order valence-corrected chi connectivity index (χ4v) is 5.48. The molecule has 152 valence electrons. The van der Waals surface area contributed by atoms with Gasteiger partial charge in [-0.25, -0.2) is 4.98 Å². The van der Waals surface area contributed by atoms with Gasteiger partial charge in [-0.1, -0.05) is 24.2 Å². The van der Waals surface area contributed by atoms with Crippen molar-refractivity contribution in [2.45, 2.75) is 51.0 Å². The molecule has 1 amide bonds. The van der Waals surface area contributed by atoms with E-state index in [0.29, 0.717) is 18.4 Å². The van der Waals surface area contributed by atoms with E-state index in [9.17, 15) is 4.79 Å². The summed E-state index contributed by atoms with van der Waals surface area (Å²) < 4.78 is 12.0. The number of carbonyl (C=O) groups excluding carboxylic acids is 1. The van der Waals surface area contributed by atoms with Crippen LogP contribution in [0.5, 0.6) is 11.5 Å². The summed E-state index contributed by atoms with van der Waals surface area (Å²) in [7, 11) is 3.35. The van der Waals surface area contributed by atoms with Crippen LogP contribution in [0, 0.1) is 5.92 Å². The number of thiazole rings is 1. The van der Waals surface area contributed by atoms with Crippen molar-refractivity contribution in [2.75, 3.05) is 32.2 Å². The summed E-state index contributed by atoms with van der Waals surface area (Å²) >= 11 is 1.65. The van der Waals surface area contributed by atoms with Gasteiger partial charge in [0.2, 0.25) is 5.91 Å². The standard InChI is InChI=1S/C21H29N3O3S/c1-26-16-7-8-17(27-2)20-19(16)23-21(28-20)24-11-9-14(10-12-24)13-18(25)22-15-5-3-4-6-15/h7-8,14-15H,3-6,9-13H2,1-2H3,(H,22,25). The zero-order valence-electron chi connectivity index (χ0n) is 16.7. The van der Waals surface area contributed by atoms with Gasteiger partial charge in [0.25, 0.3) is 0 Å². The Hall–Kier alpha value is -2.02. The van der Waals surface area contributed by atoms with E-state index in [0.717, 1.165) is 65.6 Å². The SMILES string of the molecule is COc1ccc(OC)c2sc(N3CCC(CC(=O)NC4CCCC4)CC3)nc12. The highest BCUT2D eigenvalue weighted by atomic mass is 32.1. The quantitative estimate of drug-likeness (QED) is 0.790. The number of hydrogen-bond acceptors (Lipinski definition) is 6. The zero-order valence-corrected chi connectivity index (χ0v) is 17.5. The number of hydrogen-bond donors (Lipinski definition) is 1. The summed E-state index contributed by atoms with van der Waals surface area (Å²) in [4.78, 5) is 19.5. The number of aromatic nitrogens is 1. The minimum Gasteiger partial charge on any atom is -0.495 e. The minimum absolute atomic E-state index is 0.236. The molecule has 2 aromatic rings. The highest BCUT2D eigenvalue weighted by Crippen LogP contribution is 2.41. The van der Waals surface area contributed by atoms with Gasteiger partial charge in [0, 0.05) is 25.6 Å². The molecule has 6 nitrogen and oxygen atoms in total. The fourth-order valence-electron chi connectivity index (χ4n) is 4.36. The normalized spacial score (nSPS) is 18.6. The van der Waals surface area contributed by atoms with Crippen molar-refractivity contribution in [3.63, 3.8) is 0 Å². The second-order valence-corrected chi connectivity index (χ2v) is 8.81. The van der Waals surface area contributed by atoms with Crippen LogP contribution >= 0.6 is 11.3 Å². The highest BCUT2D eigenvalue weighted by molar-refractivity contribution is 7.22. The Morgan fingerprint density at radius 3 is 2.50 bits per heavy atom. The lowest BCUT2D eigenvalue weighted by Gasteiger charge is -2.31. The predicted octanol–water partition coefficient (Wildman–Crippen LogP) is 3.98. The van der Waals surface area contributed by atoms with Gasteiger partial charge in [0.05, 0.1) is 14.2 Å². The predicted molar refractivity (Wildman–Crippen MR) is 113 cm³/mol. The van der Waals surface area contributed by atoms with E-state index in [2.05, 4.69) is 10.2 Å². The van der Waals surface area contributed by atoms with E-state index in [-0.39, 0.29) is 5.91 Å². The molecule has 1 aliphatic carbocycles. The fraction of sp³-hybridized carbons (Fsp3) is 0.619. The second-order valence-electron chi connectivity index (χ2n) is 7.83. The maximum absolute atomic E-state index is 12.3. The molecule has 1 aromatic carbocycles. The summed E-state index contributed by atoms with van der Waals surface area (Å²) in [5, 5.41) is 4.23. The van der Waals surface area contributed by atoms with Crippen LogP contribution in [0.4, 0.5) is 5.13 Å². The minimum atomic E-state index is 0.236. The van der Waals surface area contributed by atoms with Crippen LogP contribution in [0.15, 0.2) is 12.1 Å². The van der Waals surface area contributed by atoms with Crippen LogP contribution in [0.1, 0.15) is 44.9 Å². The number of benzene rings is 1. The Kier molecular flexibility index (Phi) is 5.90. The summed E-state index contributed by atoms with van der Waals surface area (Å²) in [6.07, 6.45) is 7.52. The monoisotopic (exact) mass is 403 g/mol. The molecule has 2 aliphatic rings. The van der Waals surface area contributed by atoms with Crippen molar-refractivity contribution < 1.29 is 14.3 Å². The molecule has 28 heavy (non-hydrogen) atoms. The van der Waals surface area contributed by atoms with Gasteiger partial charge in [-0.15, -0.1) is 0 Å². The lowest BCUT2D eigenvalue weighted by atomic mass is 9.93. The van der Waals surface area contributed by atoms with Crippen LogP contribution in [-0.4, -0.2) is 44.2 Å². The number of fused-ring (bicyclic) bond motifs is 1. The zero-order chi connectivity index (χ0) is 19.5. The first-order valence-corrected chi connectivity index (χ1v) is 11.1. The molecule has 0 radical (unpaired) electrons. The Labute approximate surface area is 170 Å². The molecule has 1 aliphatic heterocycles. The number of carbonyl (C=O) groups is 1. The van der Waals surface area contributed by atoms with Crippen molar-refractivity contribution >= 4 is 32.6 Å². The largest absolute Gasteiger partial charge is 0.495 e. The Morgan fingerprint density at radius 2 is 1.82 bits per heavy atom. The molecule has 1 aromatic heterocycles. The van der Waals surface area contributed by atoms with E-state index in [1.165, 1.54) is 12.8 Å². The molecular weight excluding hydrogens is 374 g/mol. The van der Waals surface area contributed by atoms with Crippen molar-refractivity contribution in [1.29, 1.82) is 0 Å². The molecular formula is C21H29N3O3S. The molecule has 1 N–H and O–H groups in total. The third-order valence-electron chi connectivity index (χ3n) is 5.98. The summed E-state index contributed by atoms with van der Waals surface area (Å²) in [6.45, 7) is 1.87. The number of rotatable bonds is 6. The number of amides is 1. The molecule has 0 bridgehead atoms. The molecule has 4 rings (SSSR count). The van der Waals surface area contributed by atoms with E-state index in [4.69, 9.17) is 14.5 Å². The molecule has 0 spiro atoms. The van der Waals surface area contributed by atoms with Crippen LogP contribution in [0.25, 0.3) is 10.2 Å². The Balaban J connectivity index is 1.37. The number of ether oxygens (including phenoxy) is 2. The Morgan fingerprint density at radius 1 is 1.14 bits per heavy atom. The molecule has 2 heterocycles. The number of nitrogens with one attached hydrogen (secondary N) is 1. The average Bonchev–Trinajstić information content (AvgIpc) is 3.37. The smallest absolute Gasteiger partial charge is 0.220 e. The highest BCUT2D eigenvalue weighted by Gasteiger charge is 2.26. The van der Waals surface area contributed by atoms with Gasteiger partial charge in [-0.05, 0) is 43.7 Å². The van der Waals surface area contributed by atoms with Crippen LogP contribution in [0.2, 0.25) is 0 Å². The molecule has 1 saturated heterocycles. The van der Waals surface area contributed by atoms with Gasteiger partial charge in [-0.3, -0.25) is 4.79 Å². The molecule has 1 saturated carbocycles. The first kappa shape index (κ1) is 19.3. The van der Waals surface area contributed by atoms with Gasteiger partial charge >= 0.3 is 0 Å². The third-order valence-corrected chi connectivity index (χ3v) is 7.11. The number of methoxy groups -OCH3 is 2. The second kappa shape index (κ2) is 8.55. The van der Waals surface area contributed by atoms with Gasteiger partial charge in [0.15, 0.2) is 5.13 Å². The maximum Gasteiger partial charge on any atom is 0.220 e. The summed E-state index contributed by atoms with van der Waals surface area (Å²) in [5.41, 5.74) is 0.861. The number of piperidine rings is 1. The maximum atomic E-state index is 12.3. The van der Waals surface area contributed by atoms with Gasteiger partial charge in [0.1, 0.15) is 21.7 Å². The molecule has 7 heteroatoms. The van der Waals surface area contributed by atoms with Crippen molar-refractivity contribution in [3.05, 3.63) is 12.1 Å². The first-order chi connectivity index (χ1) is 13.7. The van der Waals surface area contributed by atoms with E-state index in [1.54, 1.807) is 25.6 Å². The molecule has 0 atom stereocenters. The molecule has 2 fully saturated rings. The van der Waals surface area contributed by atoms with Crippen LogP contribution in [0.3, 0.4) is 0 Å². The summed E-state index contributed by atoms with van der Waals surface area (Å²) in [6, 6.07) is 4.25. The number of nitrogens with zero attached hydrogens (tertiary/aromatic N) is 2. The van der Waals surface area contributed by atoms with Crippen molar-refractivity contribution in [3.8, 4) is 11.5 Å². The molecule has 0 unspecified atom stereocenters. The average molecular weight is 404 g/mol. The van der Waals surface area contributed by atoms with Crippen molar-refractivity contribution in [2.24, 2.45) is 5.92 Å². The van der Waals surface area contributed by atoms with E-state index in [1.807, 2.05) is 12.1 Å². The number of anilines is 1. The van der Waals surface area contributed by atoms with E-state index < -0.39 is 0 Å².